The normalized spacial score (nSPS) is 11.2. The molecule has 0 aliphatic carbocycles. The Hall–Kier alpha value is -1.92. The minimum atomic E-state index is -4.84. The van der Waals surface area contributed by atoms with Crippen LogP contribution < -0.4 is 14.6 Å². The van der Waals surface area contributed by atoms with E-state index in [4.69, 9.17) is 4.74 Å². The number of carboxylic acid groups (broad SMARTS) is 1. The van der Waals surface area contributed by atoms with E-state index in [1.54, 1.807) is 0 Å². The van der Waals surface area contributed by atoms with Crippen LogP contribution >= 0.6 is 0 Å². The molecule has 0 aliphatic heterocycles. The van der Waals surface area contributed by atoms with Gasteiger partial charge in [-0.2, -0.15) is 0 Å². The van der Waals surface area contributed by atoms with Gasteiger partial charge in [0.05, 0.1) is 12.6 Å². The van der Waals surface area contributed by atoms with E-state index in [0.717, 1.165) is 31.0 Å². The molecule has 0 unspecified atom stereocenters. The Morgan fingerprint density at radius 3 is 2.55 bits per heavy atom. The van der Waals surface area contributed by atoms with Crippen molar-refractivity contribution in [2.75, 3.05) is 6.61 Å². The molecule has 0 fully saturated rings. The fraction of sp³-hybridized carbons (Fsp3) is 0.462. The van der Waals surface area contributed by atoms with E-state index in [0.29, 0.717) is 6.42 Å². The van der Waals surface area contributed by atoms with Crippen molar-refractivity contribution in [2.45, 2.75) is 32.5 Å². The molecule has 0 radical (unpaired) electrons. The first-order valence-corrected chi connectivity index (χ1v) is 6.07. The Morgan fingerprint density at radius 1 is 1.30 bits per heavy atom. The summed E-state index contributed by atoms with van der Waals surface area (Å²) in [7, 11) is 0. The monoisotopic (exact) mass is 291 g/mol. The van der Waals surface area contributed by atoms with Crippen molar-refractivity contribution in [3.8, 4) is 11.5 Å². The summed E-state index contributed by atoms with van der Waals surface area (Å²) >= 11 is 0. The maximum Gasteiger partial charge on any atom is 0.573 e. The molecule has 112 valence electrons. The van der Waals surface area contributed by atoms with Crippen molar-refractivity contribution in [3.05, 3.63) is 23.8 Å². The van der Waals surface area contributed by atoms with Gasteiger partial charge in [0.2, 0.25) is 0 Å². The number of benzene rings is 1. The van der Waals surface area contributed by atoms with Crippen LogP contribution in [0.5, 0.6) is 11.5 Å². The van der Waals surface area contributed by atoms with Gasteiger partial charge in [-0.1, -0.05) is 19.8 Å². The van der Waals surface area contributed by atoms with E-state index in [2.05, 4.69) is 4.74 Å². The first-order chi connectivity index (χ1) is 9.33. The molecule has 0 atom stereocenters. The minimum absolute atomic E-state index is 0.192. The minimum Gasteiger partial charge on any atom is -0.545 e. The molecule has 0 aliphatic rings. The van der Waals surface area contributed by atoms with Crippen LogP contribution in [0.3, 0.4) is 0 Å². The van der Waals surface area contributed by atoms with Crippen molar-refractivity contribution in [3.63, 3.8) is 0 Å². The van der Waals surface area contributed by atoms with Crippen LogP contribution in [-0.4, -0.2) is 18.9 Å². The Bertz CT molecular complexity index is 457. The summed E-state index contributed by atoms with van der Waals surface area (Å²) in [6, 6.07) is 2.76. The molecule has 20 heavy (non-hydrogen) atoms. The van der Waals surface area contributed by atoms with Crippen molar-refractivity contribution < 1.29 is 32.5 Å². The van der Waals surface area contributed by atoms with Crippen LogP contribution in [0, 0.1) is 0 Å². The largest absolute Gasteiger partial charge is 0.573 e. The van der Waals surface area contributed by atoms with Gasteiger partial charge in [0.15, 0.2) is 0 Å². The number of ether oxygens (including phenoxy) is 2. The number of alkyl halides is 3. The van der Waals surface area contributed by atoms with E-state index in [1.807, 2.05) is 6.92 Å². The number of carboxylic acids is 1. The molecule has 1 aromatic carbocycles. The Kier molecular flexibility index (Phi) is 5.66. The lowest BCUT2D eigenvalue weighted by Gasteiger charge is -2.15. The highest BCUT2D eigenvalue weighted by Gasteiger charge is 2.31. The average molecular weight is 291 g/mol. The van der Waals surface area contributed by atoms with Crippen LogP contribution in [0.4, 0.5) is 13.2 Å². The number of hydrogen-bond acceptors (Lipinski definition) is 4. The molecule has 0 bridgehead atoms. The number of carbonyl (C=O) groups excluding carboxylic acids is 1. The highest BCUT2D eigenvalue weighted by Crippen LogP contribution is 2.29. The predicted molar refractivity (Wildman–Crippen MR) is 62.5 cm³/mol. The summed E-state index contributed by atoms with van der Waals surface area (Å²) in [5, 5.41) is 10.9. The van der Waals surface area contributed by atoms with Crippen LogP contribution in [0.1, 0.15) is 36.5 Å². The molecule has 0 amide bonds. The summed E-state index contributed by atoms with van der Waals surface area (Å²) in [6.45, 7) is 2.19. The molecule has 1 rings (SSSR count). The van der Waals surface area contributed by atoms with E-state index in [-0.39, 0.29) is 17.9 Å². The number of unbranched alkanes of at least 4 members (excludes halogenated alkanes) is 2. The summed E-state index contributed by atoms with van der Waals surface area (Å²) in [6.07, 6.45) is -2.36. The number of aromatic carboxylic acids is 1. The molecular formula is C13H14F3O4-. The number of rotatable bonds is 7. The van der Waals surface area contributed by atoms with Crippen molar-refractivity contribution in [1.29, 1.82) is 0 Å². The maximum atomic E-state index is 12.1. The second-order valence-corrected chi connectivity index (χ2v) is 4.05. The van der Waals surface area contributed by atoms with E-state index in [1.165, 1.54) is 0 Å². The van der Waals surface area contributed by atoms with Gasteiger partial charge in [-0.3, -0.25) is 0 Å². The molecule has 4 nitrogen and oxygen atoms in total. The van der Waals surface area contributed by atoms with Crippen molar-refractivity contribution in [1.82, 2.24) is 0 Å². The van der Waals surface area contributed by atoms with E-state index in [9.17, 15) is 23.1 Å². The molecular weight excluding hydrogens is 277 g/mol. The Labute approximate surface area is 114 Å². The summed E-state index contributed by atoms with van der Waals surface area (Å²) in [5.74, 6) is -2.25. The molecule has 7 heteroatoms. The molecule has 0 saturated carbocycles. The van der Waals surface area contributed by atoms with Crippen molar-refractivity contribution >= 4 is 5.97 Å². The lowest BCUT2D eigenvalue weighted by atomic mass is 10.2. The molecule has 0 N–H and O–H groups in total. The topological polar surface area (TPSA) is 58.6 Å². The summed E-state index contributed by atoms with van der Waals surface area (Å²) in [5.41, 5.74) is -0.309. The number of carbonyl (C=O) groups is 1. The zero-order valence-electron chi connectivity index (χ0n) is 10.8. The summed E-state index contributed by atoms with van der Waals surface area (Å²) in [4.78, 5) is 10.9. The van der Waals surface area contributed by atoms with Gasteiger partial charge < -0.3 is 19.4 Å². The zero-order chi connectivity index (χ0) is 15.2. The second-order valence-electron chi connectivity index (χ2n) is 4.05. The van der Waals surface area contributed by atoms with E-state index >= 15 is 0 Å². The highest BCUT2D eigenvalue weighted by atomic mass is 19.4. The third kappa shape index (κ3) is 5.38. The SMILES string of the molecule is CCCCCOc1cc(OC(F)(F)F)ccc1C(=O)[O-]. The average Bonchev–Trinajstić information content (AvgIpc) is 2.32. The number of halogens is 3. The van der Waals surface area contributed by atoms with Gasteiger partial charge in [-0.15, -0.1) is 13.2 Å². The summed E-state index contributed by atoms with van der Waals surface area (Å²) < 4.78 is 45.2. The van der Waals surface area contributed by atoms with Gasteiger partial charge in [-0.05, 0) is 18.6 Å². The predicted octanol–water partition coefficient (Wildman–Crippen LogP) is 2.52. The maximum absolute atomic E-state index is 12.1. The lowest BCUT2D eigenvalue weighted by molar-refractivity contribution is -0.274. The first kappa shape index (κ1) is 16.1. The van der Waals surface area contributed by atoms with Crippen LogP contribution in [0.15, 0.2) is 18.2 Å². The number of hydrogen-bond donors (Lipinski definition) is 0. The van der Waals surface area contributed by atoms with Gasteiger partial charge in [0.1, 0.15) is 11.5 Å². The second kappa shape index (κ2) is 7.02. The molecule has 0 aromatic heterocycles. The third-order valence-corrected chi connectivity index (χ3v) is 2.41. The van der Waals surface area contributed by atoms with E-state index < -0.39 is 18.1 Å². The smallest absolute Gasteiger partial charge is 0.545 e. The lowest BCUT2D eigenvalue weighted by Crippen LogP contribution is -2.23. The molecule has 1 aromatic rings. The van der Waals surface area contributed by atoms with Gasteiger partial charge >= 0.3 is 6.36 Å². The standard InChI is InChI=1S/C13H15F3O4/c1-2-3-4-7-19-11-8-9(20-13(14,15)16)5-6-10(11)12(17)18/h5-6,8H,2-4,7H2,1H3,(H,17,18)/p-1. The third-order valence-electron chi connectivity index (χ3n) is 2.41. The van der Waals surface area contributed by atoms with Gasteiger partial charge in [-0.25, -0.2) is 0 Å². The van der Waals surface area contributed by atoms with Crippen LogP contribution in [0.2, 0.25) is 0 Å². The Morgan fingerprint density at radius 2 is 2.00 bits per heavy atom. The molecule has 0 saturated heterocycles. The van der Waals surface area contributed by atoms with Gasteiger partial charge in [0, 0.05) is 11.6 Å². The highest BCUT2D eigenvalue weighted by molar-refractivity contribution is 5.89. The molecule has 0 heterocycles. The van der Waals surface area contributed by atoms with Gasteiger partial charge in [0.25, 0.3) is 0 Å². The quantitative estimate of drug-likeness (QED) is 0.724. The van der Waals surface area contributed by atoms with Crippen LogP contribution in [0.25, 0.3) is 0 Å². The molecule has 0 spiro atoms. The zero-order valence-corrected chi connectivity index (χ0v) is 10.8. The fourth-order valence-corrected chi connectivity index (χ4v) is 1.52. The van der Waals surface area contributed by atoms with Crippen molar-refractivity contribution in [2.24, 2.45) is 0 Å². The first-order valence-electron chi connectivity index (χ1n) is 6.07. The Balaban J connectivity index is 2.85. The van der Waals surface area contributed by atoms with Crippen LogP contribution in [-0.2, 0) is 0 Å². The fourth-order valence-electron chi connectivity index (χ4n) is 1.52.